The Labute approximate surface area is 174 Å². The van der Waals surface area contributed by atoms with Gasteiger partial charge in [-0.25, -0.2) is 0 Å². The number of amidine groups is 1. The molecule has 5 nitrogen and oxygen atoms in total. The fourth-order valence-electron chi connectivity index (χ4n) is 4.17. The van der Waals surface area contributed by atoms with Crippen molar-refractivity contribution in [1.82, 2.24) is 0 Å². The van der Waals surface area contributed by atoms with E-state index in [2.05, 4.69) is 77.2 Å². The molecule has 152 valence electrons. The monoisotopic (exact) mass is 389 g/mol. The summed E-state index contributed by atoms with van der Waals surface area (Å²) in [6, 6.07) is 17.5. The highest BCUT2D eigenvalue weighted by molar-refractivity contribution is 6.00. The smallest absolute Gasteiger partial charge is 0.195 e. The zero-order valence-electron chi connectivity index (χ0n) is 17.5. The molecule has 0 aliphatic carbocycles. The van der Waals surface area contributed by atoms with E-state index in [0.717, 1.165) is 51.1 Å². The first-order valence-corrected chi connectivity index (χ1v) is 10.7. The fraction of sp³-hybridized carbons (Fsp3) is 0.417. The molecule has 0 saturated heterocycles. The highest BCUT2D eigenvalue weighted by atomic mass is 15.3. The van der Waals surface area contributed by atoms with Crippen molar-refractivity contribution in [2.24, 2.45) is 21.6 Å². The predicted molar refractivity (Wildman–Crippen MR) is 123 cm³/mol. The molecule has 0 aromatic heterocycles. The molecule has 1 unspecified atom stereocenters. The molecule has 2 aliphatic heterocycles. The van der Waals surface area contributed by atoms with Gasteiger partial charge in [0.05, 0.1) is 0 Å². The number of hydrogen-bond acceptors (Lipinski definition) is 5. The molecule has 0 bridgehead atoms. The van der Waals surface area contributed by atoms with E-state index in [1.807, 2.05) is 0 Å². The number of aliphatic imine (C=N–C) groups is 2. The van der Waals surface area contributed by atoms with E-state index in [1.165, 1.54) is 22.6 Å². The average Bonchev–Trinajstić information content (AvgIpc) is 2.75. The Morgan fingerprint density at radius 3 is 2.14 bits per heavy atom. The Morgan fingerprint density at radius 1 is 0.862 bits per heavy atom. The van der Waals surface area contributed by atoms with Crippen LogP contribution in [-0.2, 0) is 6.42 Å². The Kier molecular flexibility index (Phi) is 5.84. The zero-order valence-corrected chi connectivity index (χ0v) is 17.5. The van der Waals surface area contributed by atoms with Gasteiger partial charge in [-0.3, -0.25) is 9.98 Å². The van der Waals surface area contributed by atoms with Crippen LogP contribution in [0.1, 0.15) is 30.9 Å². The molecule has 2 N–H and O–H groups in total. The van der Waals surface area contributed by atoms with Gasteiger partial charge in [0.25, 0.3) is 0 Å². The SMILES string of the molecule is Cc1ccc(N2CCCN=C2C(C)Cc2ccc(N3CCCN=C3N)cc2)cc1. The second-order valence-electron chi connectivity index (χ2n) is 8.10. The Bertz CT molecular complexity index is 882. The van der Waals surface area contributed by atoms with Gasteiger partial charge in [-0.2, -0.15) is 0 Å². The lowest BCUT2D eigenvalue weighted by Gasteiger charge is -2.33. The summed E-state index contributed by atoms with van der Waals surface area (Å²) < 4.78 is 0. The van der Waals surface area contributed by atoms with Crippen molar-refractivity contribution in [3.8, 4) is 0 Å². The maximum Gasteiger partial charge on any atom is 0.195 e. The number of aryl methyl sites for hydroxylation is 1. The molecule has 2 aliphatic rings. The molecule has 4 rings (SSSR count). The van der Waals surface area contributed by atoms with E-state index in [0.29, 0.717) is 11.9 Å². The van der Waals surface area contributed by atoms with Crippen LogP contribution >= 0.6 is 0 Å². The van der Waals surface area contributed by atoms with Crippen LogP contribution in [0.25, 0.3) is 0 Å². The number of guanidine groups is 1. The maximum absolute atomic E-state index is 6.06. The van der Waals surface area contributed by atoms with Crippen LogP contribution in [0.5, 0.6) is 0 Å². The Balaban J connectivity index is 1.47. The summed E-state index contributed by atoms with van der Waals surface area (Å²) in [7, 11) is 0. The molecule has 1 atom stereocenters. The Hall–Kier alpha value is -2.82. The number of rotatable bonds is 5. The van der Waals surface area contributed by atoms with Gasteiger partial charge in [0.15, 0.2) is 5.96 Å². The van der Waals surface area contributed by atoms with Crippen LogP contribution in [0.15, 0.2) is 58.5 Å². The van der Waals surface area contributed by atoms with Crippen molar-refractivity contribution < 1.29 is 0 Å². The molecule has 2 heterocycles. The van der Waals surface area contributed by atoms with Gasteiger partial charge in [0.2, 0.25) is 0 Å². The van der Waals surface area contributed by atoms with Crippen LogP contribution < -0.4 is 15.5 Å². The summed E-state index contributed by atoms with van der Waals surface area (Å²) in [5.74, 6) is 2.20. The lowest BCUT2D eigenvalue weighted by molar-refractivity contribution is 0.693. The number of hydrogen-bond donors (Lipinski definition) is 1. The highest BCUT2D eigenvalue weighted by Crippen LogP contribution is 2.24. The number of benzene rings is 2. The van der Waals surface area contributed by atoms with Crippen LogP contribution in [-0.4, -0.2) is 38.0 Å². The van der Waals surface area contributed by atoms with Gasteiger partial charge >= 0.3 is 0 Å². The molecule has 5 heteroatoms. The molecule has 2 aromatic rings. The van der Waals surface area contributed by atoms with Crippen LogP contribution in [0.4, 0.5) is 11.4 Å². The van der Waals surface area contributed by atoms with E-state index < -0.39 is 0 Å². The third kappa shape index (κ3) is 4.44. The van der Waals surface area contributed by atoms with Gasteiger partial charge in [-0.1, -0.05) is 36.8 Å². The topological polar surface area (TPSA) is 57.2 Å². The maximum atomic E-state index is 6.06. The van der Waals surface area contributed by atoms with E-state index in [-0.39, 0.29) is 0 Å². The minimum absolute atomic E-state index is 0.365. The van der Waals surface area contributed by atoms with Crippen LogP contribution in [0.2, 0.25) is 0 Å². The second kappa shape index (κ2) is 8.68. The van der Waals surface area contributed by atoms with Crippen molar-refractivity contribution in [2.75, 3.05) is 36.0 Å². The first kappa shape index (κ1) is 19.5. The quantitative estimate of drug-likeness (QED) is 0.841. The minimum atomic E-state index is 0.365. The fourth-order valence-corrected chi connectivity index (χ4v) is 4.17. The minimum Gasteiger partial charge on any atom is -0.370 e. The van der Waals surface area contributed by atoms with E-state index >= 15 is 0 Å². The summed E-state index contributed by atoms with van der Waals surface area (Å²) in [4.78, 5) is 13.8. The standard InChI is InChI=1S/C24H31N5/c1-18-5-9-21(10-6-18)28-15-3-13-26-23(28)19(2)17-20-7-11-22(12-8-20)29-16-4-14-27-24(29)25/h5-12,19H,3-4,13-17H2,1-2H3,(H2,25,27). The van der Waals surface area contributed by atoms with Crippen LogP contribution in [0, 0.1) is 12.8 Å². The molecule has 0 spiro atoms. The van der Waals surface area contributed by atoms with Crippen molar-refractivity contribution in [3.05, 3.63) is 59.7 Å². The molecule has 2 aromatic carbocycles. The Morgan fingerprint density at radius 2 is 1.45 bits per heavy atom. The van der Waals surface area contributed by atoms with Crippen molar-refractivity contribution in [1.29, 1.82) is 0 Å². The molecule has 0 amide bonds. The van der Waals surface area contributed by atoms with E-state index in [4.69, 9.17) is 10.7 Å². The first-order chi connectivity index (χ1) is 14.1. The molecule has 0 fully saturated rings. The van der Waals surface area contributed by atoms with Gasteiger partial charge in [0.1, 0.15) is 5.84 Å². The van der Waals surface area contributed by atoms with E-state index in [9.17, 15) is 0 Å². The van der Waals surface area contributed by atoms with E-state index in [1.54, 1.807) is 0 Å². The van der Waals surface area contributed by atoms with Crippen molar-refractivity contribution >= 4 is 23.2 Å². The normalized spacial score (nSPS) is 18.3. The van der Waals surface area contributed by atoms with Crippen LogP contribution in [0.3, 0.4) is 0 Å². The molecule has 0 radical (unpaired) electrons. The third-order valence-electron chi connectivity index (χ3n) is 5.76. The molecular weight excluding hydrogens is 358 g/mol. The third-order valence-corrected chi connectivity index (χ3v) is 5.76. The summed E-state index contributed by atoms with van der Waals surface area (Å²) in [5.41, 5.74) is 11.0. The van der Waals surface area contributed by atoms with Crippen molar-refractivity contribution in [2.45, 2.75) is 33.1 Å². The molecular formula is C24H31N5. The number of nitrogens with zero attached hydrogens (tertiary/aromatic N) is 4. The molecule has 29 heavy (non-hydrogen) atoms. The summed E-state index contributed by atoms with van der Waals surface area (Å²) in [6.07, 6.45) is 3.14. The summed E-state index contributed by atoms with van der Waals surface area (Å²) >= 11 is 0. The summed E-state index contributed by atoms with van der Waals surface area (Å²) in [5, 5.41) is 0. The number of nitrogens with two attached hydrogens (primary N) is 1. The van der Waals surface area contributed by atoms with Gasteiger partial charge in [-0.15, -0.1) is 0 Å². The average molecular weight is 390 g/mol. The van der Waals surface area contributed by atoms with Gasteiger partial charge in [0, 0.05) is 43.5 Å². The van der Waals surface area contributed by atoms with Gasteiger partial charge < -0.3 is 15.5 Å². The number of anilines is 2. The second-order valence-corrected chi connectivity index (χ2v) is 8.10. The lowest BCUT2D eigenvalue weighted by Crippen LogP contribution is -2.41. The summed E-state index contributed by atoms with van der Waals surface area (Å²) in [6.45, 7) is 8.15. The largest absolute Gasteiger partial charge is 0.370 e. The van der Waals surface area contributed by atoms with Gasteiger partial charge in [-0.05, 0) is 56.0 Å². The highest BCUT2D eigenvalue weighted by Gasteiger charge is 2.23. The van der Waals surface area contributed by atoms with Crippen molar-refractivity contribution in [3.63, 3.8) is 0 Å². The predicted octanol–water partition coefficient (Wildman–Crippen LogP) is 4.01. The zero-order chi connectivity index (χ0) is 20.2. The lowest BCUT2D eigenvalue weighted by atomic mass is 9.97. The molecule has 0 saturated carbocycles. The first-order valence-electron chi connectivity index (χ1n) is 10.7.